The van der Waals surface area contributed by atoms with Gasteiger partial charge in [-0.1, -0.05) is 6.07 Å². The smallest absolute Gasteiger partial charge is 0.404 e. The molecule has 0 aromatic heterocycles. The molecule has 2 atom stereocenters. The number of carbonyl (C=O) groups is 1. The average molecular weight is 309 g/mol. The van der Waals surface area contributed by atoms with Crippen LogP contribution in [0.1, 0.15) is 18.4 Å². The summed E-state index contributed by atoms with van der Waals surface area (Å²) in [4.78, 5) is 11.8. The monoisotopic (exact) mass is 309 g/mol. The number of carboxylic acids is 1. The fraction of sp³-hybridized carbons (Fsp3) is 0.462. The van der Waals surface area contributed by atoms with Crippen molar-refractivity contribution in [3.8, 4) is 0 Å². The van der Waals surface area contributed by atoms with Crippen molar-refractivity contribution < 1.29 is 31.9 Å². The minimum atomic E-state index is -4.60. The quantitative estimate of drug-likeness (QED) is 0.873. The maximum atomic E-state index is 13.6. The molecule has 1 aromatic rings. The van der Waals surface area contributed by atoms with Crippen molar-refractivity contribution >= 4 is 5.97 Å². The molecule has 116 valence electrons. The topological polar surface area (TPSA) is 40.5 Å². The first-order valence-electron chi connectivity index (χ1n) is 6.19. The summed E-state index contributed by atoms with van der Waals surface area (Å²) in [5.41, 5.74) is -0.168. The van der Waals surface area contributed by atoms with Crippen LogP contribution in [-0.4, -0.2) is 34.2 Å². The van der Waals surface area contributed by atoms with Gasteiger partial charge in [0.1, 0.15) is 23.7 Å². The van der Waals surface area contributed by atoms with E-state index in [9.17, 15) is 26.7 Å². The van der Waals surface area contributed by atoms with E-state index in [1.54, 1.807) is 0 Å². The fourth-order valence-corrected chi connectivity index (χ4v) is 2.55. The van der Waals surface area contributed by atoms with Gasteiger partial charge in [0.25, 0.3) is 0 Å². The Kier molecular flexibility index (Phi) is 4.18. The number of likely N-dealkylation sites (tertiary alicyclic amines) is 1. The predicted molar refractivity (Wildman–Crippen MR) is 62.4 cm³/mol. The lowest BCUT2D eigenvalue weighted by atomic mass is 10.1. The van der Waals surface area contributed by atoms with Crippen LogP contribution in [0, 0.1) is 11.6 Å². The van der Waals surface area contributed by atoms with E-state index < -0.39 is 42.4 Å². The normalized spacial score (nSPS) is 23.5. The van der Waals surface area contributed by atoms with Gasteiger partial charge in [0.15, 0.2) is 0 Å². The number of alkyl halides is 3. The van der Waals surface area contributed by atoms with Crippen LogP contribution < -0.4 is 0 Å². The van der Waals surface area contributed by atoms with Crippen LogP contribution in [0.15, 0.2) is 18.2 Å². The predicted octanol–water partition coefficient (Wildman–Crippen LogP) is 2.94. The number of aliphatic carboxylic acids is 1. The van der Waals surface area contributed by atoms with Crippen LogP contribution in [0.5, 0.6) is 0 Å². The van der Waals surface area contributed by atoms with Gasteiger partial charge in [-0.15, -0.1) is 0 Å². The Hall–Kier alpha value is -1.70. The molecule has 21 heavy (non-hydrogen) atoms. The summed E-state index contributed by atoms with van der Waals surface area (Å²) in [6.07, 6.45) is -5.12. The van der Waals surface area contributed by atoms with Gasteiger partial charge in [-0.25, -0.2) is 8.78 Å². The molecule has 0 amide bonds. The first kappa shape index (κ1) is 15.7. The highest BCUT2D eigenvalue weighted by molar-refractivity contribution is 5.74. The van der Waals surface area contributed by atoms with E-state index in [0.717, 1.165) is 12.1 Å². The number of carboxylic acid groups (broad SMARTS) is 1. The summed E-state index contributed by atoms with van der Waals surface area (Å²) in [7, 11) is 0. The molecule has 0 aliphatic carbocycles. The first-order chi connectivity index (χ1) is 9.70. The van der Waals surface area contributed by atoms with E-state index in [0.29, 0.717) is 11.0 Å². The van der Waals surface area contributed by atoms with Crippen LogP contribution in [0.25, 0.3) is 0 Å². The van der Waals surface area contributed by atoms with Gasteiger partial charge in [0, 0.05) is 18.2 Å². The molecule has 1 aliphatic rings. The molecular formula is C13H12F5NO2. The van der Waals surface area contributed by atoms with Crippen LogP contribution >= 0.6 is 0 Å². The van der Waals surface area contributed by atoms with Crippen molar-refractivity contribution in [2.24, 2.45) is 0 Å². The summed E-state index contributed by atoms with van der Waals surface area (Å²) in [6.45, 7) is -0.534. The maximum absolute atomic E-state index is 13.6. The Bertz CT molecular complexity index is 546. The first-order valence-corrected chi connectivity index (χ1v) is 6.19. The summed E-state index contributed by atoms with van der Waals surface area (Å²) >= 11 is 0. The molecule has 1 saturated heterocycles. The molecule has 2 rings (SSSR count). The van der Waals surface area contributed by atoms with Gasteiger partial charge in [0.05, 0.1) is 0 Å². The van der Waals surface area contributed by atoms with E-state index in [1.165, 1.54) is 0 Å². The van der Waals surface area contributed by atoms with Crippen molar-refractivity contribution in [2.45, 2.75) is 37.6 Å². The molecule has 1 aromatic carbocycles. The summed E-state index contributed by atoms with van der Waals surface area (Å²) < 4.78 is 65.1. The van der Waals surface area contributed by atoms with Gasteiger partial charge in [-0.2, -0.15) is 13.2 Å². The van der Waals surface area contributed by atoms with Gasteiger partial charge >= 0.3 is 12.1 Å². The lowest BCUT2D eigenvalue weighted by Crippen LogP contribution is -2.46. The van der Waals surface area contributed by atoms with Crippen LogP contribution in [-0.2, 0) is 11.3 Å². The Morgan fingerprint density at radius 1 is 1.29 bits per heavy atom. The summed E-state index contributed by atoms with van der Waals surface area (Å²) in [6, 6.07) is -0.768. The largest absolute Gasteiger partial charge is 0.480 e. The van der Waals surface area contributed by atoms with E-state index in [4.69, 9.17) is 5.11 Å². The zero-order valence-electron chi connectivity index (χ0n) is 10.7. The number of nitrogens with zero attached hydrogens (tertiary/aromatic N) is 1. The SMILES string of the molecule is O=C(O)C1CCC(C(F)(F)F)N1Cc1ccc(F)cc1F. The molecular weight excluding hydrogens is 297 g/mol. The molecule has 1 aliphatic heterocycles. The summed E-state index contributed by atoms with van der Waals surface area (Å²) in [5, 5.41) is 9.00. The zero-order valence-corrected chi connectivity index (χ0v) is 10.7. The van der Waals surface area contributed by atoms with Crippen molar-refractivity contribution in [3.05, 3.63) is 35.4 Å². The molecule has 0 saturated carbocycles. The maximum Gasteiger partial charge on any atom is 0.404 e. The number of hydrogen-bond donors (Lipinski definition) is 1. The second kappa shape index (κ2) is 5.59. The Balaban J connectivity index is 2.29. The Morgan fingerprint density at radius 2 is 1.95 bits per heavy atom. The third-order valence-corrected chi connectivity index (χ3v) is 3.55. The molecule has 0 spiro atoms. The third-order valence-electron chi connectivity index (χ3n) is 3.55. The minimum Gasteiger partial charge on any atom is -0.480 e. The van der Waals surface area contributed by atoms with E-state index >= 15 is 0 Å². The van der Waals surface area contributed by atoms with Crippen LogP contribution in [0.2, 0.25) is 0 Å². The van der Waals surface area contributed by atoms with Crippen molar-refractivity contribution in [1.29, 1.82) is 0 Å². The van der Waals surface area contributed by atoms with Crippen molar-refractivity contribution in [2.75, 3.05) is 0 Å². The van der Waals surface area contributed by atoms with Gasteiger partial charge in [-0.05, 0) is 18.9 Å². The molecule has 1 heterocycles. The number of hydrogen-bond acceptors (Lipinski definition) is 2. The second-order valence-electron chi connectivity index (χ2n) is 4.90. The lowest BCUT2D eigenvalue weighted by molar-refractivity contribution is -0.183. The van der Waals surface area contributed by atoms with Crippen molar-refractivity contribution in [1.82, 2.24) is 4.90 Å². The molecule has 1 fully saturated rings. The highest BCUT2D eigenvalue weighted by atomic mass is 19.4. The fourth-order valence-electron chi connectivity index (χ4n) is 2.55. The Morgan fingerprint density at radius 3 is 2.48 bits per heavy atom. The molecule has 2 unspecified atom stereocenters. The average Bonchev–Trinajstić information content (AvgIpc) is 2.76. The number of benzene rings is 1. The molecule has 3 nitrogen and oxygen atoms in total. The highest BCUT2D eigenvalue weighted by Gasteiger charge is 2.51. The van der Waals surface area contributed by atoms with Crippen molar-refractivity contribution in [3.63, 3.8) is 0 Å². The second-order valence-corrected chi connectivity index (χ2v) is 4.90. The van der Waals surface area contributed by atoms with Gasteiger partial charge < -0.3 is 5.11 Å². The van der Waals surface area contributed by atoms with E-state index in [-0.39, 0.29) is 18.4 Å². The molecule has 8 heteroatoms. The molecule has 1 N–H and O–H groups in total. The highest BCUT2D eigenvalue weighted by Crippen LogP contribution is 2.37. The number of halogens is 5. The lowest BCUT2D eigenvalue weighted by Gasteiger charge is -2.29. The standard InChI is InChI=1S/C13H12F5NO2/c14-8-2-1-7(9(15)5-8)6-19-10(12(20)21)3-4-11(19)13(16,17)18/h1-2,5,10-11H,3-4,6H2,(H,20,21). The van der Waals surface area contributed by atoms with Crippen LogP contribution in [0.3, 0.4) is 0 Å². The molecule has 0 radical (unpaired) electrons. The molecule has 0 bridgehead atoms. The van der Waals surface area contributed by atoms with E-state index in [1.807, 2.05) is 0 Å². The number of rotatable bonds is 3. The summed E-state index contributed by atoms with van der Waals surface area (Å²) in [5.74, 6) is -3.23. The zero-order chi connectivity index (χ0) is 15.8. The van der Waals surface area contributed by atoms with Gasteiger partial charge in [-0.3, -0.25) is 9.69 Å². The minimum absolute atomic E-state index is 0.164. The third kappa shape index (κ3) is 3.31. The van der Waals surface area contributed by atoms with Gasteiger partial charge in [0.2, 0.25) is 0 Å². The Labute approximate surface area is 117 Å². The van der Waals surface area contributed by atoms with Crippen LogP contribution in [0.4, 0.5) is 22.0 Å². The van der Waals surface area contributed by atoms with E-state index in [2.05, 4.69) is 0 Å².